The molecule has 0 saturated heterocycles. The lowest BCUT2D eigenvalue weighted by atomic mass is 9.84. The van der Waals surface area contributed by atoms with Gasteiger partial charge < -0.3 is 10.1 Å². The first kappa shape index (κ1) is 10.0. The van der Waals surface area contributed by atoms with Crippen LogP contribution >= 0.6 is 0 Å². The molecule has 1 rings (SSSR count). The molecule has 0 unspecified atom stereocenters. The van der Waals surface area contributed by atoms with Crippen LogP contribution < -0.4 is 5.32 Å². The summed E-state index contributed by atoms with van der Waals surface area (Å²) in [6.45, 7) is 1.13. The van der Waals surface area contributed by atoms with Crippen molar-refractivity contribution in [3.8, 4) is 0 Å². The highest BCUT2D eigenvalue weighted by atomic mass is 16.5. The molecule has 0 aromatic rings. The Morgan fingerprint density at radius 3 is 2.75 bits per heavy atom. The molecule has 0 spiro atoms. The van der Waals surface area contributed by atoms with Crippen molar-refractivity contribution in [1.82, 2.24) is 5.32 Å². The molecule has 12 heavy (non-hydrogen) atoms. The van der Waals surface area contributed by atoms with Crippen molar-refractivity contribution in [2.45, 2.75) is 38.2 Å². The van der Waals surface area contributed by atoms with Gasteiger partial charge in [0, 0.05) is 7.11 Å². The van der Waals surface area contributed by atoms with E-state index in [0.717, 1.165) is 12.5 Å². The van der Waals surface area contributed by atoms with Gasteiger partial charge in [-0.3, -0.25) is 0 Å². The van der Waals surface area contributed by atoms with Crippen molar-refractivity contribution in [3.63, 3.8) is 0 Å². The first-order chi connectivity index (χ1) is 5.88. The van der Waals surface area contributed by atoms with Crippen LogP contribution in [0, 0.1) is 5.92 Å². The highest BCUT2D eigenvalue weighted by molar-refractivity contribution is 4.75. The van der Waals surface area contributed by atoms with Gasteiger partial charge in [-0.2, -0.15) is 0 Å². The molecule has 1 aliphatic carbocycles. The zero-order valence-corrected chi connectivity index (χ0v) is 8.31. The Kier molecular flexibility index (Phi) is 4.62. The second kappa shape index (κ2) is 5.55. The molecule has 1 aliphatic rings. The summed E-state index contributed by atoms with van der Waals surface area (Å²) in [5, 5.41) is 3.20. The highest BCUT2D eigenvalue weighted by Crippen LogP contribution is 2.28. The van der Waals surface area contributed by atoms with Crippen LogP contribution in [0.25, 0.3) is 0 Å². The summed E-state index contributed by atoms with van der Waals surface area (Å²) in [5.41, 5.74) is 0. The standard InChI is InChI=1S/C10H21NO/c1-11-8-7-9-5-3-4-6-10(9)12-2/h9-11H,3-8H2,1-2H3/t9-,10+/m0/s1. The number of rotatable bonds is 4. The molecular formula is C10H21NO. The number of ether oxygens (including phenoxy) is 1. The Morgan fingerprint density at radius 2 is 2.08 bits per heavy atom. The maximum Gasteiger partial charge on any atom is 0.0600 e. The maximum atomic E-state index is 5.47. The summed E-state index contributed by atoms with van der Waals surface area (Å²) in [5.74, 6) is 0.802. The molecule has 2 atom stereocenters. The predicted octanol–water partition coefficient (Wildman–Crippen LogP) is 1.80. The van der Waals surface area contributed by atoms with Gasteiger partial charge in [-0.25, -0.2) is 0 Å². The van der Waals surface area contributed by atoms with Gasteiger partial charge in [-0.1, -0.05) is 12.8 Å². The van der Waals surface area contributed by atoms with Crippen molar-refractivity contribution in [3.05, 3.63) is 0 Å². The molecule has 0 amide bonds. The van der Waals surface area contributed by atoms with Gasteiger partial charge in [0.1, 0.15) is 0 Å². The van der Waals surface area contributed by atoms with Crippen LogP contribution in [0.3, 0.4) is 0 Å². The molecule has 0 aromatic heterocycles. The van der Waals surface area contributed by atoms with Crippen molar-refractivity contribution in [2.24, 2.45) is 5.92 Å². The van der Waals surface area contributed by atoms with Gasteiger partial charge in [0.25, 0.3) is 0 Å². The average Bonchev–Trinajstić information content (AvgIpc) is 2.15. The van der Waals surface area contributed by atoms with Gasteiger partial charge in [0.05, 0.1) is 6.10 Å². The number of methoxy groups -OCH3 is 1. The Hall–Kier alpha value is -0.0800. The number of hydrogen-bond acceptors (Lipinski definition) is 2. The molecule has 72 valence electrons. The Balaban J connectivity index is 2.26. The minimum atomic E-state index is 0.534. The molecule has 0 aliphatic heterocycles. The fourth-order valence-electron chi connectivity index (χ4n) is 2.14. The summed E-state index contributed by atoms with van der Waals surface area (Å²) >= 11 is 0. The van der Waals surface area contributed by atoms with E-state index >= 15 is 0 Å². The lowest BCUT2D eigenvalue weighted by Crippen LogP contribution is -2.29. The van der Waals surface area contributed by atoms with Crippen LogP contribution in [0.5, 0.6) is 0 Å². The zero-order valence-electron chi connectivity index (χ0n) is 8.31. The second-order valence-electron chi connectivity index (χ2n) is 3.71. The van der Waals surface area contributed by atoms with E-state index in [2.05, 4.69) is 5.32 Å². The molecule has 0 heterocycles. The van der Waals surface area contributed by atoms with Crippen molar-refractivity contribution < 1.29 is 4.74 Å². The largest absolute Gasteiger partial charge is 0.381 e. The van der Waals surface area contributed by atoms with E-state index in [1.807, 2.05) is 14.2 Å². The monoisotopic (exact) mass is 171 g/mol. The molecule has 0 aromatic carbocycles. The van der Waals surface area contributed by atoms with Gasteiger partial charge in [-0.15, -0.1) is 0 Å². The fraction of sp³-hybridized carbons (Fsp3) is 1.00. The molecule has 1 saturated carbocycles. The van der Waals surface area contributed by atoms with Crippen molar-refractivity contribution in [1.29, 1.82) is 0 Å². The van der Waals surface area contributed by atoms with E-state index in [1.165, 1.54) is 32.1 Å². The molecule has 2 heteroatoms. The first-order valence-corrected chi connectivity index (χ1v) is 5.06. The molecule has 1 N–H and O–H groups in total. The quantitative estimate of drug-likeness (QED) is 0.696. The van der Waals surface area contributed by atoms with E-state index in [1.54, 1.807) is 0 Å². The molecule has 1 fully saturated rings. The third-order valence-corrected chi connectivity index (χ3v) is 2.91. The highest BCUT2D eigenvalue weighted by Gasteiger charge is 2.23. The van der Waals surface area contributed by atoms with Crippen LogP contribution in [-0.2, 0) is 4.74 Å². The van der Waals surface area contributed by atoms with E-state index in [4.69, 9.17) is 4.74 Å². The Labute approximate surface area is 75.7 Å². The lowest BCUT2D eigenvalue weighted by Gasteiger charge is -2.30. The lowest BCUT2D eigenvalue weighted by molar-refractivity contribution is 0.0207. The maximum absolute atomic E-state index is 5.47. The van der Waals surface area contributed by atoms with Crippen LogP contribution in [-0.4, -0.2) is 26.8 Å². The van der Waals surface area contributed by atoms with Gasteiger partial charge in [-0.05, 0) is 38.8 Å². The van der Waals surface area contributed by atoms with Crippen LogP contribution in [0.2, 0.25) is 0 Å². The normalized spacial score (nSPS) is 30.5. The molecule has 0 bridgehead atoms. The molecule has 2 nitrogen and oxygen atoms in total. The van der Waals surface area contributed by atoms with Crippen LogP contribution in [0.15, 0.2) is 0 Å². The topological polar surface area (TPSA) is 21.3 Å². The third kappa shape index (κ3) is 2.76. The average molecular weight is 171 g/mol. The second-order valence-corrected chi connectivity index (χ2v) is 3.71. The zero-order chi connectivity index (χ0) is 8.81. The summed E-state index contributed by atoms with van der Waals surface area (Å²) in [7, 11) is 3.87. The van der Waals surface area contributed by atoms with E-state index in [9.17, 15) is 0 Å². The number of hydrogen-bond donors (Lipinski definition) is 1. The van der Waals surface area contributed by atoms with Gasteiger partial charge >= 0.3 is 0 Å². The smallest absolute Gasteiger partial charge is 0.0600 e. The van der Waals surface area contributed by atoms with E-state index in [0.29, 0.717) is 6.10 Å². The summed E-state index contributed by atoms with van der Waals surface area (Å²) in [6, 6.07) is 0. The third-order valence-electron chi connectivity index (χ3n) is 2.91. The minimum absolute atomic E-state index is 0.534. The summed E-state index contributed by atoms with van der Waals surface area (Å²) in [6.07, 6.45) is 7.19. The summed E-state index contributed by atoms with van der Waals surface area (Å²) in [4.78, 5) is 0. The minimum Gasteiger partial charge on any atom is -0.381 e. The predicted molar refractivity (Wildman–Crippen MR) is 51.3 cm³/mol. The first-order valence-electron chi connectivity index (χ1n) is 5.06. The molecule has 0 radical (unpaired) electrons. The number of nitrogens with one attached hydrogen (secondary N) is 1. The summed E-state index contributed by atoms with van der Waals surface area (Å²) < 4.78 is 5.47. The Bertz CT molecular complexity index is 116. The van der Waals surface area contributed by atoms with Crippen molar-refractivity contribution in [2.75, 3.05) is 20.7 Å². The van der Waals surface area contributed by atoms with Gasteiger partial charge in [0.2, 0.25) is 0 Å². The molecular weight excluding hydrogens is 150 g/mol. The van der Waals surface area contributed by atoms with Crippen molar-refractivity contribution >= 4 is 0 Å². The van der Waals surface area contributed by atoms with Gasteiger partial charge in [0.15, 0.2) is 0 Å². The Morgan fingerprint density at radius 1 is 1.33 bits per heavy atom. The van der Waals surface area contributed by atoms with Crippen LogP contribution in [0.1, 0.15) is 32.1 Å². The van der Waals surface area contributed by atoms with E-state index in [-0.39, 0.29) is 0 Å². The SMILES string of the molecule is CNCC[C@@H]1CCCC[C@H]1OC. The fourth-order valence-corrected chi connectivity index (χ4v) is 2.14. The van der Waals surface area contributed by atoms with Crippen LogP contribution in [0.4, 0.5) is 0 Å². The van der Waals surface area contributed by atoms with E-state index < -0.39 is 0 Å².